The van der Waals surface area contributed by atoms with E-state index in [1.807, 2.05) is 0 Å². The van der Waals surface area contributed by atoms with E-state index in [0.717, 1.165) is 56.0 Å². The van der Waals surface area contributed by atoms with Crippen LogP contribution in [0.1, 0.15) is 17.5 Å². The highest BCUT2D eigenvalue weighted by molar-refractivity contribution is 6.30. The Morgan fingerprint density at radius 3 is 2.78 bits per heavy atom. The molecule has 1 aromatic carbocycles. The first kappa shape index (κ1) is 17.3. The lowest BCUT2D eigenvalue weighted by Crippen LogP contribution is -2.50. The predicted octanol–water partition coefficient (Wildman–Crippen LogP) is 2.18. The average molecular weight is 358 g/mol. The van der Waals surface area contributed by atoms with E-state index < -0.39 is 0 Å². The highest BCUT2D eigenvalue weighted by Crippen LogP contribution is 2.33. The predicted molar refractivity (Wildman–Crippen MR) is 96.0 cm³/mol. The Morgan fingerprint density at radius 2 is 2.04 bits per heavy atom. The first-order valence-corrected chi connectivity index (χ1v) is 8.78. The molecule has 0 saturated carbocycles. The maximum atomic E-state index is 6.27. The van der Waals surface area contributed by atoms with Gasteiger partial charge in [0.25, 0.3) is 0 Å². The highest BCUT2D eigenvalue weighted by atomic mass is 35.5. The highest BCUT2D eigenvalue weighted by Gasteiger charge is 2.27. The molecule has 23 heavy (non-hydrogen) atoms. The van der Waals surface area contributed by atoms with E-state index in [0.29, 0.717) is 0 Å². The Hall–Kier alpha value is -0.520. The quantitative estimate of drug-likeness (QED) is 0.897. The van der Waals surface area contributed by atoms with E-state index >= 15 is 0 Å². The molecule has 3 aliphatic rings. The van der Waals surface area contributed by atoms with Gasteiger partial charge in [-0.25, -0.2) is 0 Å². The number of halogens is 2. The zero-order valence-corrected chi connectivity index (χ0v) is 15.0. The summed E-state index contributed by atoms with van der Waals surface area (Å²) in [5.74, 6) is 1.09. The molecular formula is C17H25Cl2N3O. The molecule has 2 fully saturated rings. The fourth-order valence-corrected chi connectivity index (χ4v) is 4.21. The van der Waals surface area contributed by atoms with Crippen molar-refractivity contribution in [3.63, 3.8) is 0 Å². The second-order valence-electron chi connectivity index (χ2n) is 6.61. The van der Waals surface area contributed by atoms with Gasteiger partial charge in [0.2, 0.25) is 0 Å². The van der Waals surface area contributed by atoms with Gasteiger partial charge < -0.3 is 10.1 Å². The fraction of sp³-hybridized carbons (Fsp3) is 0.647. The summed E-state index contributed by atoms with van der Waals surface area (Å²) in [6.07, 6.45) is 2.29. The summed E-state index contributed by atoms with van der Waals surface area (Å²) >= 11 is 6.27. The molecule has 0 spiro atoms. The van der Waals surface area contributed by atoms with Crippen LogP contribution in [0.2, 0.25) is 5.02 Å². The average Bonchev–Trinajstić information content (AvgIpc) is 3.18. The summed E-state index contributed by atoms with van der Waals surface area (Å²) in [5.41, 5.74) is 2.54. The number of rotatable bonds is 3. The Balaban J connectivity index is 0.00000156. The summed E-state index contributed by atoms with van der Waals surface area (Å²) in [6.45, 7) is 8.72. The molecule has 0 radical (unpaired) electrons. The molecule has 1 unspecified atom stereocenters. The number of piperazine rings is 1. The number of hydrogen-bond donors (Lipinski definition) is 1. The van der Waals surface area contributed by atoms with Crippen LogP contribution >= 0.6 is 24.0 Å². The molecule has 3 heterocycles. The molecule has 3 aliphatic heterocycles. The third-order valence-corrected chi connectivity index (χ3v) is 5.40. The van der Waals surface area contributed by atoms with E-state index in [-0.39, 0.29) is 12.4 Å². The number of ether oxygens (including phenoxy) is 1. The Labute approximate surface area is 149 Å². The molecule has 128 valence electrons. The van der Waals surface area contributed by atoms with Gasteiger partial charge in [0, 0.05) is 62.3 Å². The van der Waals surface area contributed by atoms with E-state index in [2.05, 4.69) is 27.2 Å². The van der Waals surface area contributed by atoms with Crippen molar-refractivity contribution < 1.29 is 4.74 Å². The van der Waals surface area contributed by atoms with Crippen molar-refractivity contribution >= 4 is 24.0 Å². The second-order valence-corrected chi connectivity index (χ2v) is 7.05. The van der Waals surface area contributed by atoms with Gasteiger partial charge in [0.15, 0.2) is 0 Å². The van der Waals surface area contributed by atoms with Crippen LogP contribution in [-0.4, -0.2) is 61.7 Å². The van der Waals surface area contributed by atoms with Crippen molar-refractivity contribution in [3.05, 3.63) is 28.3 Å². The Kier molecular flexibility index (Phi) is 5.70. The summed E-state index contributed by atoms with van der Waals surface area (Å²) in [4.78, 5) is 5.18. The minimum absolute atomic E-state index is 0. The largest absolute Gasteiger partial charge is 0.493 e. The number of nitrogens with zero attached hydrogens (tertiary/aromatic N) is 2. The zero-order chi connectivity index (χ0) is 14.9. The van der Waals surface area contributed by atoms with Gasteiger partial charge in [-0.1, -0.05) is 11.6 Å². The maximum Gasteiger partial charge on any atom is 0.127 e. The molecule has 6 heteroatoms. The monoisotopic (exact) mass is 357 g/mol. The van der Waals surface area contributed by atoms with Gasteiger partial charge in [0.05, 0.1) is 6.61 Å². The summed E-state index contributed by atoms with van der Waals surface area (Å²) < 4.78 is 5.82. The first-order chi connectivity index (χ1) is 10.8. The lowest BCUT2D eigenvalue weighted by Gasteiger charge is -2.38. The maximum absolute atomic E-state index is 6.27. The third kappa shape index (κ3) is 3.77. The van der Waals surface area contributed by atoms with Crippen LogP contribution in [-0.2, 0) is 13.0 Å². The van der Waals surface area contributed by atoms with Crippen molar-refractivity contribution in [2.75, 3.05) is 45.9 Å². The van der Waals surface area contributed by atoms with Gasteiger partial charge in [-0.3, -0.25) is 9.80 Å². The topological polar surface area (TPSA) is 27.7 Å². The van der Waals surface area contributed by atoms with Gasteiger partial charge in [-0.15, -0.1) is 12.4 Å². The van der Waals surface area contributed by atoms with Crippen LogP contribution in [0.3, 0.4) is 0 Å². The third-order valence-electron chi connectivity index (χ3n) is 5.18. The molecular weight excluding hydrogens is 333 g/mol. The van der Waals surface area contributed by atoms with Crippen LogP contribution in [0.5, 0.6) is 5.75 Å². The molecule has 4 nitrogen and oxygen atoms in total. The minimum atomic E-state index is 0. The standard InChI is InChI=1S/C17H24ClN3O.ClH/c18-15-9-13-2-8-22-17(13)14(10-15)12-20-4-6-21(7-5-20)16-1-3-19-11-16;/h9-10,16,19H,1-8,11-12H2;1H. The van der Waals surface area contributed by atoms with Crippen molar-refractivity contribution in [2.45, 2.75) is 25.4 Å². The molecule has 0 aliphatic carbocycles. The number of fused-ring (bicyclic) bond motifs is 1. The van der Waals surface area contributed by atoms with E-state index in [1.165, 1.54) is 37.2 Å². The summed E-state index contributed by atoms with van der Waals surface area (Å²) in [5, 5.41) is 4.31. The van der Waals surface area contributed by atoms with Crippen LogP contribution in [0.15, 0.2) is 12.1 Å². The molecule has 0 aromatic heterocycles. The molecule has 1 N–H and O–H groups in total. The minimum Gasteiger partial charge on any atom is -0.493 e. The first-order valence-electron chi connectivity index (χ1n) is 8.41. The van der Waals surface area contributed by atoms with E-state index in [1.54, 1.807) is 0 Å². The van der Waals surface area contributed by atoms with Crippen LogP contribution in [0.4, 0.5) is 0 Å². The van der Waals surface area contributed by atoms with Crippen LogP contribution < -0.4 is 10.1 Å². The molecule has 1 aromatic rings. The van der Waals surface area contributed by atoms with E-state index in [4.69, 9.17) is 16.3 Å². The van der Waals surface area contributed by atoms with Gasteiger partial charge >= 0.3 is 0 Å². The molecule has 0 amide bonds. The number of benzene rings is 1. The number of hydrogen-bond acceptors (Lipinski definition) is 4. The Bertz CT molecular complexity index is 541. The SMILES string of the molecule is Cl.Clc1cc2c(c(CN3CCN(C4CCNC4)CC3)c1)OCC2. The summed E-state index contributed by atoms with van der Waals surface area (Å²) in [7, 11) is 0. The van der Waals surface area contributed by atoms with E-state index in [9.17, 15) is 0 Å². The fourth-order valence-electron chi connectivity index (χ4n) is 3.94. The molecule has 4 rings (SSSR count). The van der Waals surface area contributed by atoms with Gasteiger partial charge in [-0.2, -0.15) is 0 Å². The molecule has 2 saturated heterocycles. The van der Waals surface area contributed by atoms with Crippen molar-refractivity contribution in [2.24, 2.45) is 0 Å². The normalized spacial score (nSPS) is 25.0. The number of nitrogens with one attached hydrogen (secondary N) is 1. The Morgan fingerprint density at radius 1 is 1.22 bits per heavy atom. The molecule has 1 atom stereocenters. The van der Waals surface area contributed by atoms with Gasteiger partial charge in [0.1, 0.15) is 5.75 Å². The zero-order valence-electron chi connectivity index (χ0n) is 13.4. The van der Waals surface area contributed by atoms with Crippen molar-refractivity contribution in [1.82, 2.24) is 15.1 Å². The lowest BCUT2D eigenvalue weighted by atomic mass is 10.1. The lowest BCUT2D eigenvalue weighted by molar-refractivity contribution is 0.0975. The van der Waals surface area contributed by atoms with Crippen molar-refractivity contribution in [1.29, 1.82) is 0 Å². The van der Waals surface area contributed by atoms with Gasteiger partial charge in [-0.05, 0) is 30.7 Å². The molecule has 0 bridgehead atoms. The van der Waals surface area contributed by atoms with Crippen molar-refractivity contribution in [3.8, 4) is 5.75 Å². The second kappa shape index (κ2) is 7.58. The summed E-state index contributed by atoms with van der Waals surface area (Å²) in [6, 6.07) is 4.89. The van der Waals surface area contributed by atoms with Crippen LogP contribution in [0, 0.1) is 0 Å². The smallest absolute Gasteiger partial charge is 0.127 e. The van der Waals surface area contributed by atoms with Crippen LogP contribution in [0.25, 0.3) is 0 Å².